The molecule has 200 valence electrons. The summed E-state index contributed by atoms with van der Waals surface area (Å²) in [5.74, 6) is -5.49. The van der Waals surface area contributed by atoms with Gasteiger partial charge in [-0.3, -0.25) is 24.1 Å². The number of carboxylic acid groups (broad SMARTS) is 2. The van der Waals surface area contributed by atoms with Gasteiger partial charge in [-0.1, -0.05) is 53.4 Å². The molecular formula is C23H23N5O7S3. The van der Waals surface area contributed by atoms with Crippen molar-refractivity contribution in [1.82, 2.24) is 25.7 Å². The van der Waals surface area contributed by atoms with Gasteiger partial charge in [0.15, 0.2) is 4.34 Å². The zero-order chi connectivity index (χ0) is 27.6. The van der Waals surface area contributed by atoms with Gasteiger partial charge in [0, 0.05) is 11.5 Å². The SMILES string of the molecule is Cc1nnc(SCC2=C(C(=O)O)N3C(=O)C(NC(=O)C(NC(=O)C(C)C(=O)O)c4ccccc4)[C@H]3SC2)s1. The Morgan fingerprint density at radius 3 is 2.47 bits per heavy atom. The van der Waals surface area contributed by atoms with Crippen LogP contribution in [0.4, 0.5) is 0 Å². The van der Waals surface area contributed by atoms with Gasteiger partial charge in [0.05, 0.1) is 0 Å². The number of amides is 3. The fourth-order valence-electron chi connectivity index (χ4n) is 3.84. The average molecular weight is 578 g/mol. The van der Waals surface area contributed by atoms with Crippen molar-refractivity contribution in [2.45, 2.75) is 35.6 Å². The van der Waals surface area contributed by atoms with E-state index in [4.69, 9.17) is 5.11 Å². The minimum absolute atomic E-state index is 0.110. The Morgan fingerprint density at radius 1 is 1.16 bits per heavy atom. The number of carboxylic acids is 2. The summed E-state index contributed by atoms with van der Waals surface area (Å²) in [6.45, 7) is 3.02. The molecule has 38 heavy (non-hydrogen) atoms. The van der Waals surface area contributed by atoms with E-state index in [1.165, 1.54) is 46.7 Å². The highest BCUT2D eigenvalue weighted by Gasteiger charge is 2.54. The van der Waals surface area contributed by atoms with Crippen LogP contribution in [0.3, 0.4) is 0 Å². The molecule has 12 nitrogen and oxygen atoms in total. The molecule has 4 rings (SSSR count). The summed E-state index contributed by atoms with van der Waals surface area (Å²) in [5.41, 5.74) is 0.848. The summed E-state index contributed by atoms with van der Waals surface area (Å²) in [5, 5.41) is 32.2. The summed E-state index contributed by atoms with van der Waals surface area (Å²) >= 11 is 4.06. The van der Waals surface area contributed by atoms with Gasteiger partial charge in [-0.2, -0.15) is 0 Å². The molecule has 4 N–H and O–H groups in total. The second kappa shape index (κ2) is 11.5. The quantitative estimate of drug-likeness (QED) is 0.181. The smallest absolute Gasteiger partial charge is 0.352 e. The predicted octanol–water partition coefficient (Wildman–Crippen LogP) is 1.26. The summed E-state index contributed by atoms with van der Waals surface area (Å²) in [6, 6.07) is 5.95. The molecule has 2 aliphatic heterocycles. The Labute approximate surface area is 229 Å². The van der Waals surface area contributed by atoms with Gasteiger partial charge in [0.2, 0.25) is 11.8 Å². The standard InChI is InChI=1S/C23H23N5O7S3/c1-10(21(32)33)17(29)24-14(12-6-4-3-5-7-12)18(30)25-15-19(31)28-16(22(34)35)13(8-36-20(15)28)9-37-23-27-26-11(2)38-23/h3-7,10,14-15,20H,8-9H2,1-2H3,(H,24,29)(H,25,30)(H,32,33)(H,34,35)/t10?,14?,15?,20-/m1/s1. The van der Waals surface area contributed by atoms with Crippen LogP contribution >= 0.6 is 34.9 Å². The minimum Gasteiger partial charge on any atom is -0.481 e. The number of rotatable bonds is 10. The van der Waals surface area contributed by atoms with Crippen molar-refractivity contribution >= 4 is 64.5 Å². The average Bonchev–Trinajstić information content (AvgIpc) is 3.32. The molecule has 3 amide bonds. The highest BCUT2D eigenvalue weighted by molar-refractivity contribution is 8.01. The molecule has 3 unspecified atom stereocenters. The number of aliphatic carboxylic acids is 2. The molecule has 2 aromatic rings. The number of nitrogens with zero attached hydrogens (tertiary/aromatic N) is 3. The monoisotopic (exact) mass is 577 g/mol. The molecule has 2 aliphatic rings. The molecule has 0 bridgehead atoms. The van der Waals surface area contributed by atoms with Crippen molar-refractivity contribution in [3.8, 4) is 0 Å². The number of hydrogen-bond acceptors (Lipinski definition) is 10. The highest BCUT2D eigenvalue weighted by Crippen LogP contribution is 2.42. The van der Waals surface area contributed by atoms with Gasteiger partial charge in [0.1, 0.15) is 34.1 Å². The lowest BCUT2D eigenvalue weighted by molar-refractivity contribution is -0.151. The Hall–Kier alpha value is -3.43. The lowest BCUT2D eigenvalue weighted by Crippen LogP contribution is -2.71. The van der Waals surface area contributed by atoms with Crippen molar-refractivity contribution in [3.63, 3.8) is 0 Å². The third kappa shape index (κ3) is 5.68. The molecule has 0 spiro atoms. The van der Waals surface area contributed by atoms with Crippen LogP contribution in [0.1, 0.15) is 23.5 Å². The molecule has 0 radical (unpaired) electrons. The number of carbonyl (C=O) groups excluding carboxylic acids is 3. The van der Waals surface area contributed by atoms with Crippen LogP contribution in [0, 0.1) is 12.8 Å². The molecular weight excluding hydrogens is 554 g/mol. The number of fused-ring (bicyclic) bond motifs is 1. The highest BCUT2D eigenvalue weighted by atomic mass is 32.2. The Kier molecular flexibility index (Phi) is 8.38. The maximum Gasteiger partial charge on any atom is 0.352 e. The number of aryl methyl sites for hydroxylation is 1. The number of aromatic nitrogens is 2. The fraction of sp³-hybridized carbons (Fsp3) is 0.348. The maximum absolute atomic E-state index is 13.2. The number of β-lactam (4-membered cyclic amide) rings is 1. The van der Waals surface area contributed by atoms with E-state index in [0.29, 0.717) is 27.0 Å². The lowest BCUT2D eigenvalue weighted by atomic mass is 10.0. The Bertz CT molecular complexity index is 1320. The predicted molar refractivity (Wildman–Crippen MR) is 139 cm³/mol. The van der Waals surface area contributed by atoms with E-state index >= 15 is 0 Å². The molecule has 15 heteroatoms. The van der Waals surface area contributed by atoms with Crippen LogP contribution < -0.4 is 10.6 Å². The van der Waals surface area contributed by atoms with Crippen LogP contribution in [-0.4, -0.2) is 77.9 Å². The summed E-state index contributed by atoms with van der Waals surface area (Å²) in [7, 11) is 0. The van der Waals surface area contributed by atoms with Gasteiger partial charge < -0.3 is 20.8 Å². The van der Waals surface area contributed by atoms with Gasteiger partial charge in [-0.05, 0) is 25.0 Å². The third-order valence-electron chi connectivity index (χ3n) is 5.87. The summed E-state index contributed by atoms with van der Waals surface area (Å²) in [6.07, 6.45) is 0. The second-order valence-corrected chi connectivity index (χ2v) is 12.0. The van der Waals surface area contributed by atoms with Crippen LogP contribution in [0.15, 0.2) is 45.9 Å². The van der Waals surface area contributed by atoms with Gasteiger partial charge in [0.25, 0.3) is 5.91 Å². The number of nitrogens with one attached hydrogen (secondary N) is 2. The van der Waals surface area contributed by atoms with E-state index in [1.807, 2.05) is 6.92 Å². The molecule has 1 aromatic heterocycles. The molecule has 0 aliphatic carbocycles. The normalized spacial score (nSPS) is 20.2. The molecule has 1 aromatic carbocycles. The third-order valence-corrected chi connectivity index (χ3v) is 9.27. The van der Waals surface area contributed by atoms with Gasteiger partial charge in [-0.15, -0.1) is 22.0 Å². The first-order chi connectivity index (χ1) is 18.1. The number of benzene rings is 1. The van der Waals surface area contributed by atoms with Crippen molar-refractivity contribution in [1.29, 1.82) is 0 Å². The first-order valence-electron chi connectivity index (χ1n) is 11.3. The van der Waals surface area contributed by atoms with Crippen molar-refractivity contribution in [2.24, 2.45) is 5.92 Å². The number of carbonyl (C=O) groups is 5. The summed E-state index contributed by atoms with van der Waals surface area (Å²) in [4.78, 5) is 63.2. The number of thioether (sulfide) groups is 2. The van der Waals surface area contributed by atoms with E-state index in [0.717, 1.165) is 5.01 Å². The molecule has 3 heterocycles. The largest absolute Gasteiger partial charge is 0.481 e. The van der Waals surface area contributed by atoms with Crippen LogP contribution in [0.2, 0.25) is 0 Å². The van der Waals surface area contributed by atoms with Crippen LogP contribution in [-0.2, 0) is 24.0 Å². The molecule has 0 saturated carbocycles. The molecule has 1 fully saturated rings. The zero-order valence-electron chi connectivity index (χ0n) is 20.1. The Morgan fingerprint density at radius 2 is 1.87 bits per heavy atom. The summed E-state index contributed by atoms with van der Waals surface area (Å²) < 4.78 is 0.693. The van der Waals surface area contributed by atoms with Crippen molar-refractivity contribution in [3.05, 3.63) is 52.2 Å². The number of hydrogen-bond donors (Lipinski definition) is 4. The zero-order valence-corrected chi connectivity index (χ0v) is 22.6. The Balaban J connectivity index is 1.49. The molecule has 4 atom stereocenters. The second-order valence-electron chi connectivity index (χ2n) is 8.44. The van der Waals surface area contributed by atoms with E-state index in [2.05, 4.69) is 20.8 Å². The fourth-order valence-corrected chi connectivity index (χ4v) is 7.14. The van der Waals surface area contributed by atoms with E-state index in [9.17, 15) is 29.1 Å². The lowest BCUT2D eigenvalue weighted by Gasteiger charge is -2.49. The maximum atomic E-state index is 13.2. The van der Waals surface area contributed by atoms with Crippen LogP contribution in [0.25, 0.3) is 0 Å². The van der Waals surface area contributed by atoms with Gasteiger partial charge in [-0.25, -0.2) is 4.79 Å². The first kappa shape index (κ1) is 27.6. The topological polar surface area (TPSA) is 179 Å². The van der Waals surface area contributed by atoms with Crippen molar-refractivity contribution < 1.29 is 34.2 Å². The van der Waals surface area contributed by atoms with Crippen LogP contribution in [0.5, 0.6) is 0 Å². The van der Waals surface area contributed by atoms with Crippen molar-refractivity contribution in [2.75, 3.05) is 11.5 Å². The van der Waals surface area contributed by atoms with E-state index in [1.54, 1.807) is 30.3 Å². The van der Waals surface area contributed by atoms with E-state index < -0.39 is 53.0 Å². The minimum atomic E-state index is -1.40. The van der Waals surface area contributed by atoms with Gasteiger partial charge >= 0.3 is 11.9 Å². The van der Waals surface area contributed by atoms with E-state index in [-0.39, 0.29) is 5.70 Å². The first-order valence-corrected chi connectivity index (χ1v) is 14.1. The molecule has 1 saturated heterocycles.